The fourth-order valence-corrected chi connectivity index (χ4v) is 3.04. The summed E-state index contributed by atoms with van der Waals surface area (Å²) in [6.07, 6.45) is 3.54. The van der Waals surface area contributed by atoms with Crippen molar-refractivity contribution < 1.29 is 9.47 Å². The largest absolute Gasteiger partial charge is 0.497 e. The van der Waals surface area contributed by atoms with Gasteiger partial charge in [0, 0.05) is 18.0 Å². The van der Waals surface area contributed by atoms with E-state index in [1.165, 1.54) is 0 Å². The molecule has 2 aromatic carbocycles. The summed E-state index contributed by atoms with van der Waals surface area (Å²) >= 11 is 0. The number of rotatable bonds is 5. The standard InChI is InChI=1S/C21H19N3O3/c1-26-17-7-3-5-15(11-17)14-23-9-10-24-20(21(23)25)13-19(22-24)16-6-4-8-18(12-16)27-2/h3-13H,14H2,1-2H3. The van der Waals surface area contributed by atoms with E-state index in [1.807, 2.05) is 48.5 Å². The van der Waals surface area contributed by atoms with Crippen LogP contribution in [0.2, 0.25) is 0 Å². The lowest BCUT2D eigenvalue weighted by Gasteiger charge is -2.07. The molecule has 0 saturated carbocycles. The van der Waals surface area contributed by atoms with Gasteiger partial charge in [0.2, 0.25) is 0 Å². The third-order valence-electron chi connectivity index (χ3n) is 4.46. The minimum atomic E-state index is -0.0954. The van der Waals surface area contributed by atoms with Crippen LogP contribution < -0.4 is 15.0 Å². The Labute approximate surface area is 156 Å². The normalized spacial score (nSPS) is 10.9. The maximum atomic E-state index is 12.9. The Morgan fingerprint density at radius 2 is 1.67 bits per heavy atom. The highest BCUT2D eigenvalue weighted by molar-refractivity contribution is 5.66. The van der Waals surface area contributed by atoms with Crippen molar-refractivity contribution in [3.05, 3.63) is 82.9 Å². The van der Waals surface area contributed by atoms with Gasteiger partial charge in [-0.05, 0) is 35.9 Å². The molecule has 0 aliphatic heterocycles. The van der Waals surface area contributed by atoms with Gasteiger partial charge in [0.05, 0.1) is 26.5 Å². The van der Waals surface area contributed by atoms with Gasteiger partial charge in [0.1, 0.15) is 17.0 Å². The molecular weight excluding hydrogens is 342 g/mol. The Bertz CT molecular complexity index is 1160. The highest BCUT2D eigenvalue weighted by Crippen LogP contribution is 2.23. The maximum absolute atomic E-state index is 12.9. The fourth-order valence-electron chi connectivity index (χ4n) is 3.04. The third-order valence-corrected chi connectivity index (χ3v) is 4.46. The van der Waals surface area contributed by atoms with Crippen LogP contribution in [0.4, 0.5) is 0 Å². The van der Waals surface area contributed by atoms with Crippen molar-refractivity contribution in [2.45, 2.75) is 6.54 Å². The van der Waals surface area contributed by atoms with Crippen LogP contribution >= 0.6 is 0 Å². The molecule has 0 N–H and O–H groups in total. The zero-order valence-electron chi connectivity index (χ0n) is 15.1. The molecule has 0 fully saturated rings. The number of ether oxygens (including phenoxy) is 2. The van der Waals surface area contributed by atoms with Crippen LogP contribution in [0.1, 0.15) is 5.56 Å². The number of fused-ring (bicyclic) bond motifs is 1. The molecule has 0 aliphatic rings. The van der Waals surface area contributed by atoms with Crippen LogP contribution in [0, 0.1) is 0 Å². The van der Waals surface area contributed by atoms with Gasteiger partial charge in [-0.25, -0.2) is 4.52 Å². The molecule has 4 aromatic rings. The second-order valence-corrected chi connectivity index (χ2v) is 6.17. The molecule has 0 unspecified atom stereocenters. The lowest BCUT2D eigenvalue weighted by Crippen LogP contribution is -2.21. The zero-order valence-corrected chi connectivity index (χ0v) is 15.1. The SMILES string of the molecule is COc1cccc(Cn2ccn3nc(-c4cccc(OC)c4)cc3c2=O)c1. The average Bonchev–Trinajstić information content (AvgIpc) is 3.15. The van der Waals surface area contributed by atoms with Crippen LogP contribution in [0.15, 0.2) is 71.8 Å². The second-order valence-electron chi connectivity index (χ2n) is 6.17. The third kappa shape index (κ3) is 3.29. The Morgan fingerprint density at radius 1 is 0.926 bits per heavy atom. The molecule has 2 aromatic heterocycles. The molecule has 0 spiro atoms. The summed E-state index contributed by atoms with van der Waals surface area (Å²) in [4.78, 5) is 12.9. The van der Waals surface area contributed by atoms with Crippen molar-refractivity contribution in [1.82, 2.24) is 14.2 Å². The first-order valence-electron chi connectivity index (χ1n) is 8.54. The molecule has 6 nitrogen and oxygen atoms in total. The Hall–Kier alpha value is -3.54. The van der Waals surface area contributed by atoms with E-state index < -0.39 is 0 Å². The average molecular weight is 361 g/mol. The van der Waals surface area contributed by atoms with Crippen LogP contribution in [-0.4, -0.2) is 28.4 Å². The Morgan fingerprint density at radius 3 is 2.44 bits per heavy atom. The predicted octanol–water partition coefficient (Wildman–Crippen LogP) is 3.23. The molecule has 4 rings (SSSR count). The highest BCUT2D eigenvalue weighted by atomic mass is 16.5. The summed E-state index contributed by atoms with van der Waals surface area (Å²) in [5.74, 6) is 1.52. The van der Waals surface area contributed by atoms with Crippen LogP contribution in [0.25, 0.3) is 16.8 Å². The van der Waals surface area contributed by atoms with Crippen LogP contribution in [-0.2, 0) is 6.54 Å². The number of nitrogens with zero attached hydrogens (tertiary/aromatic N) is 3. The molecule has 0 atom stereocenters. The van der Waals surface area contributed by atoms with Gasteiger partial charge in [0.25, 0.3) is 5.56 Å². The highest BCUT2D eigenvalue weighted by Gasteiger charge is 2.10. The molecule has 6 heteroatoms. The molecule has 27 heavy (non-hydrogen) atoms. The number of methoxy groups -OCH3 is 2. The van der Waals surface area contributed by atoms with E-state index in [0.717, 1.165) is 28.3 Å². The van der Waals surface area contributed by atoms with E-state index in [1.54, 1.807) is 41.8 Å². The van der Waals surface area contributed by atoms with Crippen molar-refractivity contribution in [3.8, 4) is 22.8 Å². The van der Waals surface area contributed by atoms with Crippen LogP contribution in [0.3, 0.4) is 0 Å². The van der Waals surface area contributed by atoms with Gasteiger partial charge in [-0.3, -0.25) is 4.79 Å². The summed E-state index contributed by atoms with van der Waals surface area (Å²) in [6.45, 7) is 0.464. The van der Waals surface area contributed by atoms with E-state index in [0.29, 0.717) is 12.1 Å². The Balaban J connectivity index is 1.72. The van der Waals surface area contributed by atoms with Crippen molar-refractivity contribution >= 4 is 5.52 Å². The molecule has 0 aliphatic carbocycles. The lowest BCUT2D eigenvalue weighted by atomic mass is 10.1. The van der Waals surface area contributed by atoms with Gasteiger partial charge in [-0.2, -0.15) is 5.10 Å². The fraction of sp³-hybridized carbons (Fsp3) is 0.143. The summed E-state index contributed by atoms with van der Waals surface area (Å²) < 4.78 is 13.8. The van der Waals surface area contributed by atoms with Crippen molar-refractivity contribution in [3.63, 3.8) is 0 Å². The van der Waals surface area contributed by atoms with E-state index >= 15 is 0 Å². The number of hydrogen-bond donors (Lipinski definition) is 0. The summed E-state index contributed by atoms with van der Waals surface area (Å²) in [7, 11) is 3.25. The minimum absolute atomic E-state index is 0.0954. The smallest absolute Gasteiger partial charge is 0.276 e. The van der Waals surface area contributed by atoms with Gasteiger partial charge in [0.15, 0.2) is 0 Å². The Kier molecular flexibility index (Phi) is 4.38. The summed E-state index contributed by atoms with van der Waals surface area (Å²) in [6, 6.07) is 17.1. The first-order valence-corrected chi connectivity index (χ1v) is 8.54. The van der Waals surface area contributed by atoms with Gasteiger partial charge >= 0.3 is 0 Å². The molecule has 2 heterocycles. The van der Waals surface area contributed by atoms with E-state index in [9.17, 15) is 4.79 Å². The topological polar surface area (TPSA) is 57.8 Å². The monoisotopic (exact) mass is 361 g/mol. The van der Waals surface area contributed by atoms with Gasteiger partial charge in [-0.15, -0.1) is 0 Å². The molecular formula is C21H19N3O3. The summed E-state index contributed by atoms with van der Waals surface area (Å²) in [5.41, 5.74) is 3.05. The van der Waals surface area contributed by atoms with E-state index in [-0.39, 0.29) is 5.56 Å². The zero-order chi connectivity index (χ0) is 18.8. The minimum Gasteiger partial charge on any atom is -0.497 e. The van der Waals surface area contributed by atoms with Crippen molar-refractivity contribution in [2.24, 2.45) is 0 Å². The van der Waals surface area contributed by atoms with Crippen LogP contribution in [0.5, 0.6) is 11.5 Å². The van der Waals surface area contributed by atoms with Gasteiger partial charge in [-0.1, -0.05) is 24.3 Å². The summed E-state index contributed by atoms with van der Waals surface area (Å²) in [5, 5.41) is 4.52. The van der Waals surface area contributed by atoms with Crippen molar-refractivity contribution in [1.29, 1.82) is 0 Å². The molecule has 0 saturated heterocycles. The van der Waals surface area contributed by atoms with Crippen molar-refractivity contribution in [2.75, 3.05) is 14.2 Å². The number of benzene rings is 2. The predicted molar refractivity (Wildman–Crippen MR) is 104 cm³/mol. The maximum Gasteiger partial charge on any atom is 0.276 e. The second kappa shape index (κ2) is 6.99. The number of aromatic nitrogens is 3. The quantitative estimate of drug-likeness (QED) is 0.548. The number of hydrogen-bond acceptors (Lipinski definition) is 4. The molecule has 0 radical (unpaired) electrons. The van der Waals surface area contributed by atoms with Gasteiger partial charge < -0.3 is 14.0 Å². The molecule has 0 amide bonds. The van der Waals surface area contributed by atoms with E-state index in [2.05, 4.69) is 5.10 Å². The van der Waals surface area contributed by atoms with E-state index in [4.69, 9.17) is 9.47 Å². The molecule has 136 valence electrons. The first kappa shape index (κ1) is 16.9. The molecule has 0 bridgehead atoms. The lowest BCUT2D eigenvalue weighted by molar-refractivity contribution is 0.414. The first-order chi connectivity index (χ1) is 13.2.